The van der Waals surface area contributed by atoms with Crippen molar-refractivity contribution < 1.29 is 24.2 Å². The van der Waals surface area contributed by atoms with E-state index in [0.29, 0.717) is 49.2 Å². The lowest BCUT2D eigenvalue weighted by atomic mass is 10.0. The summed E-state index contributed by atoms with van der Waals surface area (Å²) >= 11 is 6.63. The second-order valence-electron chi connectivity index (χ2n) is 8.96. The van der Waals surface area contributed by atoms with Crippen molar-refractivity contribution in [1.29, 1.82) is 0 Å². The summed E-state index contributed by atoms with van der Waals surface area (Å²) in [5, 5.41) is 12.7. The number of hydrogen-bond donors (Lipinski definition) is 2. The summed E-state index contributed by atoms with van der Waals surface area (Å²) in [7, 11) is 0. The van der Waals surface area contributed by atoms with Crippen LogP contribution in [0.1, 0.15) is 31.2 Å². The van der Waals surface area contributed by atoms with Gasteiger partial charge in [0.1, 0.15) is 12.5 Å². The first-order valence-electron chi connectivity index (χ1n) is 11.9. The molecule has 2 N–H and O–H groups in total. The van der Waals surface area contributed by atoms with Gasteiger partial charge < -0.3 is 29.7 Å². The smallest absolute Gasteiger partial charge is 0.312 e. The zero-order valence-electron chi connectivity index (χ0n) is 19.3. The number of piperidine rings is 1. The SMILES string of the molecule is O=C(O)CC(=O)N1CCC(OC2=NC3=NC(c4ccc(N5CCOCC5)cc4)=C(Cl)CC3N2)CC1. The third-order valence-electron chi connectivity index (χ3n) is 6.58. The molecule has 0 aromatic heterocycles. The van der Waals surface area contributed by atoms with Crippen LogP contribution in [0.5, 0.6) is 0 Å². The number of carbonyl (C=O) groups is 2. The van der Waals surface area contributed by atoms with Crippen molar-refractivity contribution >= 4 is 46.7 Å². The molecule has 0 radical (unpaired) electrons. The second kappa shape index (κ2) is 10.2. The predicted octanol–water partition coefficient (Wildman–Crippen LogP) is 2.04. The third-order valence-corrected chi connectivity index (χ3v) is 6.92. The molecule has 2 fully saturated rings. The van der Waals surface area contributed by atoms with Crippen LogP contribution in [0.3, 0.4) is 0 Å². The van der Waals surface area contributed by atoms with Gasteiger partial charge in [-0.2, -0.15) is 4.99 Å². The molecule has 10 nitrogen and oxygen atoms in total. The van der Waals surface area contributed by atoms with E-state index in [1.54, 1.807) is 4.90 Å². The van der Waals surface area contributed by atoms with Crippen molar-refractivity contribution in [1.82, 2.24) is 10.2 Å². The number of rotatable bonds is 5. The number of aliphatic imine (C=N–C) groups is 2. The number of benzene rings is 1. The zero-order valence-corrected chi connectivity index (χ0v) is 20.0. The van der Waals surface area contributed by atoms with Gasteiger partial charge in [-0.3, -0.25) is 9.59 Å². The largest absolute Gasteiger partial charge is 0.481 e. The van der Waals surface area contributed by atoms with Gasteiger partial charge >= 0.3 is 5.97 Å². The number of halogens is 1. The van der Waals surface area contributed by atoms with Crippen molar-refractivity contribution in [3.8, 4) is 0 Å². The third kappa shape index (κ3) is 5.43. The predicted molar refractivity (Wildman–Crippen MR) is 132 cm³/mol. The van der Waals surface area contributed by atoms with Gasteiger partial charge in [0, 0.05) is 61.7 Å². The van der Waals surface area contributed by atoms with Crippen LogP contribution in [0.2, 0.25) is 0 Å². The highest BCUT2D eigenvalue weighted by Crippen LogP contribution is 2.33. The molecule has 11 heteroatoms. The minimum Gasteiger partial charge on any atom is -0.481 e. The number of aliphatic carboxylic acids is 1. The van der Waals surface area contributed by atoms with Gasteiger partial charge in [0.05, 0.1) is 25.0 Å². The molecule has 1 amide bonds. The van der Waals surface area contributed by atoms with E-state index < -0.39 is 12.4 Å². The number of fused-ring (bicyclic) bond motifs is 1. The van der Waals surface area contributed by atoms with Gasteiger partial charge in [0.2, 0.25) is 5.91 Å². The molecule has 186 valence electrons. The Morgan fingerprint density at radius 2 is 1.83 bits per heavy atom. The number of hydrogen-bond acceptors (Lipinski definition) is 8. The fraction of sp³-hybridized carbons (Fsp3) is 0.500. The molecule has 1 atom stereocenters. The van der Waals surface area contributed by atoms with Crippen LogP contribution >= 0.6 is 11.6 Å². The van der Waals surface area contributed by atoms with Crippen LogP contribution in [0, 0.1) is 0 Å². The summed E-state index contributed by atoms with van der Waals surface area (Å²) in [5.74, 6) is -0.828. The summed E-state index contributed by atoms with van der Waals surface area (Å²) in [5.41, 5.74) is 2.83. The van der Waals surface area contributed by atoms with Crippen molar-refractivity contribution in [3.05, 3.63) is 34.9 Å². The second-order valence-corrected chi connectivity index (χ2v) is 9.41. The Hall–Kier alpha value is -3.11. The van der Waals surface area contributed by atoms with E-state index >= 15 is 0 Å². The lowest BCUT2D eigenvalue weighted by molar-refractivity contribution is -0.145. The molecule has 1 aromatic rings. The zero-order chi connectivity index (χ0) is 24.4. The van der Waals surface area contributed by atoms with E-state index in [-0.39, 0.29) is 18.1 Å². The number of amides is 1. The summed E-state index contributed by atoms with van der Waals surface area (Å²) in [6.07, 6.45) is 1.21. The minimum atomic E-state index is -1.11. The van der Waals surface area contributed by atoms with Gasteiger partial charge in [-0.15, -0.1) is 0 Å². The van der Waals surface area contributed by atoms with Gasteiger partial charge in [0.25, 0.3) is 6.02 Å². The van der Waals surface area contributed by atoms with E-state index in [1.165, 1.54) is 0 Å². The monoisotopic (exact) mass is 501 g/mol. The molecule has 4 aliphatic heterocycles. The van der Waals surface area contributed by atoms with E-state index in [2.05, 4.69) is 27.3 Å². The normalized spacial score (nSPS) is 22.8. The number of amidine groups is 2. The molecule has 0 bridgehead atoms. The standard InChI is InChI=1S/C24H28ClN5O5/c25-18-13-19-23(27-22(18)15-1-3-16(4-2-15)29-9-11-34-12-10-29)28-24(26-19)35-17-5-7-30(8-6-17)20(31)14-21(32)33/h1-4,17,19H,5-14H2,(H,32,33)(H,26,27,28). The number of carbonyl (C=O) groups excluding carboxylic acids is 1. The summed E-state index contributed by atoms with van der Waals surface area (Å²) in [6.45, 7) is 4.18. The Labute approximate surface area is 208 Å². The lowest BCUT2D eigenvalue weighted by Gasteiger charge is -2.31. The number of nitrogens with zero attached hydrogens (tertiary/aromatic N) is 4. The highest BCUT2D eigenvalue weighted by molar-refractivity contribution is 6.33. The van der Waals surface area contributed by atoms with Crippen LogP contribution < -0.4 is 10.2 Å². The number of likely N-dealkylation sites (tertiary alicyclic amines) is 1. The van der Waals surface area contributed by atoms with E-state index in [9.17, 15) is 9.59 Å². The number of nitrogens with one attached hydrogen (secondary N) is 1. The van der Waals surface area contributed by atoms with Crippen molar-refractivity contribution in [3.63, 3.8) is 0 Å². The molecule has 35 heavy (non-hydrogen) atoms. The van der Waals surface area contributed by atoms with Crippen LogP contribution in [-0.2, 0) is 19.1 Å². The summed E-state index contributed by atoms with van der Waals surface area (Å²) in [6, 6.07) is 8.53. The fourth-order valence-electron chi connectivity index (χ4n) is 4.68. The van der Waals surface area contributed by atoms with Gasteiger partial charge in [-0.25, -0.2) is 4.99 Å². The highest BCUT2D eigenvalue weighted by Gasteiger charge is 2.33. The molecule has 4 aliphatic rings. The molecule has 0 aliphatic carbocycles. The van der Waals surface area contributed by atoms with E-state index in [4.69, 9.17) is 31.2 Å². The van der Waals surface area contributed by atoms with Crippen LogP contribution in [-0.4, -0.2) is 85.3 Å². The Kier molecular flexibility index (Phi) is 6.92. The molecular weight excluding hydrogens is 474 g/mol. The topological polar surface area (TPSA) is 116 Å². The van der Waals surface area contributed by atoms with Gasteiger partial charge in [-0.05, 0) is 12.1 Å². The lowest BCUT2D eigenvalue weighted by Crippen LogP contribution is -2.43. The maximum absolute atomic E-state index is 11.9. The molecule has 2 saturated heterocycles. The Morgan fingerprint density at radius 3 is 2.51 bits per heavy atom. The van der Waals surface area contributed by atoms with Crippen LogP contribution in [0.15, 0.2) is 39.3 Å². The quantitative estimate of drug-likeness (QED) is 0.593. The minimum absolute atomic E-state index is 0.105. The first kappa shape index (κ1) is 23.6. The average molecular weight is 502 g/mol. The maximum atomic E-state index is 11.9. The molecular formula is C24H28ClN5O5. The van der Waals surface area contributed by atoms with E-state index in [1.807, 2.05) is 12.1 Å². The number of carboxylic acids is 1. The van der Waals surface area contributed by atoms with Gasteiger partial charge in [0.15, 0.2) is 5.84 Å². The average Bonchev–Trinajstić information content (AvgIpc) is 3.25. The molecule has 5 rings (SSSR count). The molecule has 1 aromatic carbocycles. The highest BCUT2D eigenvalue weighted by atomic mass is 35.5. The maximum Gasteiger partial charge on any atom is 0.312 e. The molecule has 4 heterocycles. The first-order valence-corrected chi connectivity index (χ1v) is 12.3. The number of morpholine rings is 1. The Balaban J connectivity index is 1.20. The van der Waals surface area contributed by atoms with E-state index in [0.717, 1.165) is 43.3 Å². The summed E-state index contributed by atoms with van der Waals surface area (Å²) in [4.78, 5) is 35.9. The number of ether oxygens (including phenoxy) is 2. The Morgan fingerprint density at radius 1 is 1.11 bits per heavy atom. The molecule has 0 saturated carbocycles. The van der Waals surface area contributed by atoms with Gasteiger partial charge in [-0.1, -0.05) is 23.7 Å². The molecule has 1 unspecified atom stereocenters. The van der Waals surface area contributed by atoms with Crippen molar-refractivity contribution in [2.75, 3.05) is 44.3 Å². The fourth-order valence-corrected chi connectivity index (χ4v) is 4.99. The van der Waals surface area contributed by atoms with Crippen LogP contribution in [0.4, 0.5) is 5.69 Å². The van der Waals surface area contributed by atoms with Crippen molar-refractivity contribution in [2.24, 2.45) is 9.98 Å². The van der Waals surface area contributed by atoms with Crippen LogP contribution in [0.25, 0.3) is 5.70 Å². The number of carboxylic acid groups (broad SMARTS) is 1. The van der Waals surface area contributed by atoms with Crippen molar-refractivity contribution in [2.45, 2.75) is 37.8 Å². The summed E-state index contributed by atoms with van der Waals surface area (Å²) < 4.78 is 11.5. The number of anilines is 1. The molecule has 0 spiro atoms. The Bertz CT molecular complexity index is 1070. The first-order chi connectivity index (χ1) is 17.0.